The highest BCUT2D eigenvalue weighted by molar-refractivity contribution is 7.17. The van der Waals surface area contributed by atoms with E-state index in [1.165, 1.54) is 6.92 Å². The van der Waals surface area contributed by atoms with Gasteiger partial charge in [-0.25, -0.2) is 9.78 Å². The van der Waals surface area contributed by atoms with Crippen LogP contribution in [0, 0.1) is 18.8 Å². The van der Waals surface area contributed by atoms with Gasteiger partial charge in [-0.2, -0.15) is 0 Å². The molecule has 3 amide bonds. The van der Waals surface area contributed by atoms with Crippen molar-refractivity contribution in [3.8, 4) is 0 Å². The zero-order valence-electron chi connectivity index (χ0n) is 15.6. The van der Waals surface area contributed by atoms with Crippen molar-refractivity contribution in [2.24, 2.45) is 11.8 Å². The Balaban J connectivity index is 1.71. The average Bonchev–Trinajstić information content (AvgIpc) is 3.13. The van der Waals surface area contributed by atoms with E-state index in [-0.39, 0.29) is 35.4 Å². The quantitative estimate of drug-likeness (QED) is 0.607. The van der Waals surface area contributed by atoms with Gasteiger partial charge in [0.2, 0.25) is 17.7 Å². The van der Waals surface area contributed by atoms with Crippen molar-refractivity contribution < 1.29 is 23.9 Å². The molecule has 0 bridgehead atoms. The Labute approximate surface area is 161 Å². The fourth-order valence-corrected chi connectivity index (χ4v) is 4.60. The number of esters is 1. The van der Waals surface area contributed by atoms with Gasteiger partial charge in [-0.15, -0.1) is 0 Å². The molecular weight excluding hydrogens is 370 g/mol. The summed E-state index contributed by atoms with van der Waals surface area (Å²) in [6.07, 6.45) is 3.27. The molecule has 0 spiro atoms. The van der Waals surface area contributed by atoms with E-state index in [0.717, 1.165) is 29.1 Å². The van der Waals surface area contributed by atoms with Gasteiger partial charge in [0.1, 0.15) is 10.9 Å². The van der Waals surface area contributed by atoms with E-state index >= 15 is 0 Å². The maximum atomic E-state index is 12.6. The lowest BCUT2D eigenvalue weighted by molar-refractivity contribution is -0.146. The number of aromatic nitrogens is 1. The van der Waals surface area contributed by atoms with E-state index in [2.05, 4.69) is 10.3 Å². The monoisotopic (exact) mass is 393 g/mol. The molecule has 1 saturated carbocycles. The summed E-state index contributed by atoms with van der Waals surface area (Å²) >= 11 is 1.01. The highest BCUT2D eigenvalue weighted by Crippen LogP contribution is 2.39. The van der Waals surface area contributed by atoms with Crippen molar-refractivity contribution in [2.45, 2.75) is 52.5 Å². The molecule has 0 radical (unpaired) electrons. The Kier molecular flexibility index (Phi) is 5.59. The first-order chi connectivity index (χ1) is 12.8. The van der Waals surface area contributed by atoms with Crippen molar-refractivity contribution in [1.29, 1.82) is 0 Å². The van der Waals surface area contributed by atoms with Crippen LogP contribution < -0.4 is 5.32 Å². The van der Waals surface area contributed by atoms with Gasteiger partial charge < -0.3 is 10.1 Å². The van der Waals surface area contributed by atoms with E-state index in [4.69, 9.17) is 4.74 Å². The van der Waals surface area contributed by atoms with Crippen LogP contribution in [0.3, 0.4) is 0 Å². The third kappa shape index (κ3) is 3.60. The van der Waals surface area contributed by atoms with E-state index in [1.54, 1.807) is 13.8 Å². The molecule has 1 aromatic rings. The Morgan fingerprint density at radius 1 is 1.26 bits per heavy atom. The number of rotatable bonds is 5. The maximum absolute atomic E-state index is 12.6. The summed E-state index contributed by atoms with van der Waals surface area (Å²) in [7, 11) is 0. The number of thiazole rings is 1. The number of fused-ring (bicyclic) bond motifs is 1. The molecule has 3 atom stereocenters. The second-order valence-corrected chi connectivity index (χ2v) is 7.86. The number of ether oxygens (including phenoxy) is 1. The van der Waals surface area contributed by atoms with Crippen LogP contribution in [-0.4, -0.2) is 46.2 Å². The number of carbonyl (C=O) groups excluding carboxylic acids is 4. The summed E-state index contributed by atoms with van der Waals surface area (Å²) in [4.78, 5) is 55.3. The molecule has 8 nitrogen and oxygen atoms in total. The van der Waals surface area contributed by atoms with Gasteiger partial charge in [0.15, 0.2) is 5.13 Å². The van der Waals surface area contributed by atoms with Crippen LogP contribution in [0.25, 0.3) is 0 Å². The van der Waals surface area contributed by atoms with Gasteiger partial charge in [-0.1, -0.05) is 24.2 Å². The van der Waals surface area contributed by atoms with Gasteiger partial charge >= 0.3 is 5.97 Å². The molecule has 0 aromatic carbocycles. The summed E-state index contributed by atoms with van der Waals surface area (Å²) < 4.78 is 4.96. The van der Waals surface area contributed by atoms with Crippen LogP contribution in [-0.2, 0) is 19.1 Å². The lowest BCUT2D eigenvalue weighted by Crippen LogP contribution is -2.46. The largest absolute Gasteiger partial charge is 0.462 e. The number of nitrogens with one attached hydrogen (secondary N) is 1. The summed E-state index contributed by atoms with van der Waals surface area (Å²) in [6, 6.07) is -0.925. The number of likely N-dealkylation sites (tertiary alicyclic amines) is 1. The van der Waals surface area contributed by atoms with E-state index in [1.807, 2.05) is 0 Å². The normalized spacial score (nSPS) is 23.1. The lowest BCUT2D eigenvalue weighted by Gasteiger charge is -2.21. The Hall–Kier alpha value is -2.29. The standard InChI is InChI=1S/C18H23N3O5S/c1-4-26-17(25)13-9(2)19-18(27-13)20-14(22)10(3)21-15(23)11-7-5-6-8-12(11)16(21)24/h10-12H,4-8H2,1-3H3,(H,19,20,22)/t10-,11+,12+/m0/s1. The van der Waals surface area contributed by atoms with Crippen molar-refractivity contribution in [1.82, 2.24) is 9.88 Å². The van der Waals surface area contributed by atoms with Crippen molar-refractivity contribution in [2.75, 3.05) is 11.9 Å². The Morgan fingerprint density at radius 3 is 2.41 bits per heavy atom. The van der Waals surface area contributed by atoms with Crippen LogP contribution in [0.5, 0.6) is 0 Å². The van der Waals surface area contributed by atoms with Crippen LogP contribution >= 0.6 is 11.3 Å². The van der Waals surface area contributed by atoms with Crippen molar-refractivity contribution in [3.63, 3.8) is 0 Å². The van der Waals surface area contributed by atoms with E-state index in [9.17, 15) is 19.2 Å². The first kappa shape index (κ1) is 19.5. The van der Waals surface area contributed by atoms with Crippen LogP contribution in [0.4, 0.5) is 5.13 Å². The molecule has 1 aliphatic carbocycles. The van der Waals surface area contributed by atoms with Gasteiger partial charge in [0.05, 0.1) is 24.1 Å². The highest BCUT2D eigenvalue weighted by atomic mass is 32.1. The topological polar surface area (TPSA) is 106 Å². The molecule has 2 fully saturated rings. The Bertz CT molecular complexity index is 766. The fraction of sp³-hybridized carbons (Fsp3) is 0.611. The van der Waals surface area contributed by atoms with Crippen LogP contribution in [0.2, 0.25) is 0 Å². The molecule has 146 valence electrons. The zero-order chi connectivity index (χ0) is 19.7. The number of imide groups is 1. The summed E-state index contributed by atoms with van der Waals surface area (Å²) in [5.74, 6) is -2.09. The predicted molar refractivity (Wildman–Crippen MR) is 98.2 cm³/mol. The molecule has 0 unspecified atom stereocenters. The van der Waals surface area contributed by atoms with Crippen LogP contribution in [0.15, 0.2) is 0 Å². The van der Waals surface area contributed by atoms with Gasteiger partial charge in [0, 0.05) is 0 Å². The number of hydrogen-bond donors (Lipinski definition) is 1. The van der Waals surface area contributed by atoms with Crippen molar-refractivity contribution in [3.05, 3.63) is 10.6 Å². The molecule has 9 heteroatoms. The number of amides is 3. The third-order valence-corrected chi connectivity index (χ3v) is 6.18. The fourth-order valence-electron chi connectivity index (χ4n) is 3.73. The second kappa shape index (κ2) is 7.75. The maximum Gasteiger partial charge on any atom is 0.350 e. The molecule has 2 heterocycles. The zero-order valence-corrected chi connectivity index (χ0v) is 16.4. The highest BCUT2D eigenvalue weighted by Gasteiger charge is 2.50. The smallest absolute Gasteiger partial charge is 0.350 e. The number of anilines is 1. The second-order valence-electron chi connectivity index (χ2n) is 6.86. The number of hydrogen-bond acceptors (Lipinski definition) is 7. The molecule has 1 saturated heterocycles. The van der Waals surface area contributed by atoms with Crippen LogP contribution in [0.1, 0.15) is 54.9 Å². The molecule has 1 N–H and O–H groups in total. The minimum atomic E-state index is -0.925. The van der Waals surface area contributed by atoms with Crippen molar-refractivity contribution >= 4 is 40.2 Å². The summed E-state index contributed by atoms with van der Waals surface area (Å²) in [5.41, 5.74) is 0.459. The lowest BCUT2D eigenvalue weighted by atomic mass is 9.81. The summed E-state index contributed by atoms with van der Waals surface area (Å²) in [6.45, 7) is 5.14. The van der Waals surface area contributed by atoms with E-state index < -0.39 is 17.9 Å². The first-order valence-corrected chi connectivity index (χ1v) is 9.99. The molecule has 27 heavy (non-hydrogen) atoms. The number of carbonyl (C=O) groups is 4. The minimum absolute atomic E-state index is 0.240. The number of aryl methyl sites for hydroxylation is 1. The predicted octanol–water partition coefficient (Wildman–Crippen LogP) is 2.13. The van der Waals surface area contributed by atoms with Gasteiger partial charge in [0.25, 0.3) is 0 Å². The minimum Gasteiger partial charge on any atom is -0.462 e. The number of nitrogens with zero attached hydrogens (tertiary/aromatic N) is 2. The van der Waals surface area contributed by atoms with E-state index in [0.29, 0.717) is 23.4 Å². The molecule has 1 aromatic heterocycles. The average molecular weight is 393 g/mol. The SMILES string of the molecule is CCOC(=O)c1sc(NC(=O)[C@H](C)N2C(=O)[C@@H]3CCCC[C@H]3C2=O)nc1C. The van der Waals surface area contributed by atoms with Gasteiger partial charge in [-0.05, 0) is 33.6 Å². The third-order valence-electron chi connectivity index (χ3n) is 5.13. The molecule has 2 aliphatic rings. The van der Waals surface area contributed by atoms with Gasteiger partial charge in [-0.3, -0.25) is 19.3 Å². The molecular formula is C18H23N3O5S. The summed E-state index contributed by atoms with van der Waals surface area (Å²) in [5, 5.41) is 2.85. The Morgan fingerprint density at radius 2 is 1.85 bits per heavy atom. The first-order valence-electron chi connectivity index (χ1n) is 9.17. The molecule has 1 aliphatic heterocycles. The molecule has 3 rings (SSSR count).